The van der Waals surface area contributed by atoms with E-state index in [-0.39, 0.29) is 17.8 Å². The molecule has 2 amide bonds. The van der Waals surface area contributed by atoms with E-state index < -0.39 is 11.6 Å². The number of rotatable bonds is 4. The Morgan fingerprint density at radius 3 is 2.54 bits per heavy atom. The molecule has 2 aromatic rings. The van der Waals surface area contributed by atoms with E-state index in [1.807, 2.05) is 25.1 Å². The summed E-state index contributed by atoms with van der Waals surface area (Å²) in [7, 11) is 0. The van der Waals surface area contributed by atoms with Crippen molar-refractivity contribution >= 4 is 17.5 Å². The number of hydrogen-bond acceptors (Lipinski definition) is 2. The van der Waals surface area contributed by atoms with Crippen molar-refractivity contribution in [1.82, 2.24) is 5.32 Å². The summed E-state index contributed by atoms with van der Waals surface area (Å²) in [6.45, 7) is 2.41. The van der Waals surface area contributed by atoms with E-state index in [1.54, 1.807) is 4.90 Å². The predicted octanol–water partition coefficient (Wildman–Crippen LogP) is 4.10. The fourth-order valence-corrected chi connectivity index (χ4v) is 3.63. The van der Waals surface area contributed by atoms with E-state index in [0.717, 1.165) is 29.7 Å². The van der Waals surface area contributed by atoms with E-state index in [9.17, 15) is 18.4 Å². The van der Waals surface area contributed by atoms with Gasteiger partial charge in [-0.2, -0.15) is 0 Å². The van der Waals surface area contributed by atoms with Crippen molar-refractivity contribution in [3.8, 4) is 0 Å². The van der Waals surface area contributed by atoms with Gasteiger partial charge in [-0.05, 0) is 74.1 Å². The first-order valence-corrected chi connectivity index (χ1v) is 9.57. The molecule has 1 aliphatic carbocycles. The molecule has 1 saturated carbocycles. The number of hydrogen-bond donors (Lipinski definition) is 1. The van der Waals surface area contributed by atoms with Gasteiger partial charge < -0.3 is 10.2 Å². The third kappa shape index (κ3) is 3.51. The topological polar surface area (TPSA) is 49.4 Å². The average Bonchev–Trinajstić information content (AvgIpc) is 3.45. The zero-order valence-corrected chi connectivity index (χ0v) is 15.7. The van der Waals surface area contributed by atoms with Crippen molar-refractivity contribution in [1.29, 1.82) is 0 Å². The number of carbonyl (C=O) groups excluding carboxylic acids is 2. The Morgan fingerprint density at radius 2 is 1.86 bits per heavy atom. The zero-order chi connectivity index (χ0) is 19.9. The van der Waals surface area contributed by atoms with Crippen molar-refractivity contribution in [2.45, 2.75) is 44.3 Å². The lowest BCUT2D eigenvalue weighted by atomic mass is 9.96. The van der Waals surface area contributed by atoms with Gasteiger partial charge in [0, 0.05) is 17.8 Å². The number of nitrogens with one attached hydrogen (secondary N) is 1. The Labute approximate surface area is 162 Å². The highest BCUT2D eigenvalue weighted by Gasteiger charge is 2.53. The van der Waals surface area contributed by atoms with E-state index in [1.165, 1.54) is 24.3 Å². The number of halogens is 2. The Kier molecular flexibility index (Phi) is 4.65. The van der Waals surface area contributed by atoms with Crippen molar-refractivity contribution < 1.29 is 18.4 Å². The molecule has 1 unspecified atom stereocenters. The van der Waals surface area contributed by atoms with E-state index in [4.69, 9.17) is 0 Å². The fraction of sp³-hybridized carbons (Fsp3) is 0.364. The summed E-state index contributed by atoms with van der Waals surface area (Å²) in [5, 5.41) is 2.91. The number of aryl methyl sites for hydroxylation is 1. The molecule has 1 heterocycles. The first-order valence-electron chi connectivity index (χ1n) is 9.57. The molecule has 4 nitrogen and oxygen atoms in total. The lowest BCUT2D eigenvalue weighted by Gasteiger charge is -2.31. The van der Waals surface area contributed by atoms with Gasteiger partial charge in [-0.15, -0.1) is 0 Å². The minimum absolute atomic E-state index is 0.259. The summed E-state index contributed by atoms with van der Waals surface area (Å²) in [6, 6.07) is 10.8. The van der Waals surface area contributed by atoms with Crippen LogP contribution in [-0.2, 0) is 11.2 Å². The molecule has 2 aromatic carbocycles. The largest absolute Gasteiger partial charge is 0.346 e. The maximum Gasteiger partial charge on any atom is 0.264 e. The van der Waals surface area contributed by atoms with Crippen LogP contribution >= 0.6 is 0 Å². The summed E-state index contributed by atoms with van der Waals surface area (Å²) in [5.41, 5.74) is 1.37. The van der Waals surface area contributed by atoms with Crippen LogP contribution in [0.5, 0.6) is 0 Å². The second-order valence-electron chi connectivity index (χ2n) is 7.62. The van der Waals surface area contributed by atoms with E-state index in [0.29, 0.717) is 24.9 Å². The van der Waals surface area contributed by atoms with Gasteiger partial charge in [0.1, 0.15) is 5.82 Å². The molecule has 0 aromatic heterocycles. The molecule has 0 radical (unpaired) electrons. The second-order valence-corrected chi connectivity index (χ2v) is 7.62. The Bertz CT molecular complexity index is 923. The van der Waals surface area contributed by atoms with Gasteiger partial charge in [0.25, 0.3) is 11.8 Å². The number of fused-ring (bicyclic) bond motifs is 1. The van der Waals surface area contributed by atoms with Crippen LogP contribution in [0.4, 0.5) is 14.5 Å². The molecule has 146 valence electrons. The summed E-state index contributed by atoms with van der Waals surface area (Å²) in [6.07, 6.45) is 2.21. The molecule has 0 bridgehead atoms. The number of anilines is 1. The molecule has 4 rings (SSSR count). The fourth-order valence-electron chi connectivity index (χ4n) is 3.63. The molecule has 0 saturated heterocycles. The molecular weight excluding hydrogens is 362 g/mol. The van der Waals surface area contributed by atoms with Gasteiger partial charge in [0.15, 0.2) is 5.67 Å². The molecule has 0 spiro atoms. The van der Waals surface area contributed by atoms with Crippen LogP contribution in [0.3, 0.4) is 0 Å². The maximum atomic E-state index is 14.2. The highest BCUT2D eigenvalue weighted by Crippen LogP contribution is 2.43. The summed E-state index contributed by atoms with van der Waals surface area (Å²) < 4.78 is 27.3. The summed E-state index contributed by atoms with van der Waals surface area (Å²) in [5.74, 6) is -1.10. The quantitative estimate of drug-likeness (QED) is 0.863. The van der Waals surface area contributed by atoms with Gasteiger partial charge in [0.05, 0.1) is 6.04 Å². The number of amides is 2. The van der Waals surface area contributed by atoms with Crippen LogP contribution < -0.4 is 10.2 Å². The van der Waals surface area contributed by atoms with Crippen LogP contribution in [-0.4, -0.2) is 24.0 Å². The number of nitrogens with zero attached hydrogens (tertiary/aromatic N) is 1. The third-order valence-electron chi connectivity index (χ3n) is 5.49. The highest BCUT2D eigenvalue weighted by molar-refractivity contribution is 6.02. The van der Waals surface area contributed by atoms with Crippen molar-refractivity contribution in [2.75, 3.05) is 11.4 Å². The molecule has 1 fully saturated rings. The van der Waals surface area contributed by atoms with Crippen LogP contribution in [0, 0.1) is 5.82 Å². The van der Waals surface area contributed by atoms with Gasteiger partial charge in [-0.3, -0.25) is 9.59 Å². The SMILES string of the molecule is CC(NC(=O)c1ccc(F)cc1)c1ccc2c(c1)CCCN2C(=O)C1(F)CC1. The van der Waals surface area contributed by atoms with Gasteiger partial charge in [-0.1, -0.05) is 12.1 Å². The monoisotopic (exact) mass is 384 g/mol. The number of alkyl halides is 1. The first kappa shape index (κ1) is 18.6. The van der Waals surface area contributed by atoms with Crippen LogP contribution in [0.25, 0.3) is 0 Å². The summed E-state index contributed by atoms with van der Waals surface area (Å²) in [4.78, 5) is 26.4. The van der Waals surface area contributed by atoms with Crippen LogP contribution in [0.2, 0.25) is 0 Å². The molecule has 2 aliphatic rings. The third-order valence-corrected chi connectivity index (χ3v) is 5.49. The zero-order valence-electron chi connectivity index (χ0n) is 15.7. The minimum atomic E-state index is -1.68. The molecule has 28 heavy (non-hydrogen) atoms. The number of carbonyl (C=O) groups is 2. The lowest BCUT2D eigenvalue weighted by Crippen LogP contribution is -2.41. The van der Waals surface area contributed by atoms with Crippen molar-refractivity contribution in [3.05, 3.63) is 65.0 Å². The maximum absolute atomic E-state index is 14.2. The normalized spacial score (nSPS) is 18.2. The van der Waals surface area contributed by atoms with Gasteiger partial charge in [-0.25, -0.2) is 8.78 Å². The van der Waals surface area contributed by atoms with Crippen LogP contribution in [0.1, 0.15) is 53.7 Å². The van der Waals surface area contributed by atoms with Crippen LogP contribution in [0.15, 0.2) is 42.5 Å². The summed E-state index contributed by atoms with van der Waals surface area (Å²) >= 11 is 0. The highest BCUT2D eigenvalue weighted by atomic mass is 19.1. The minimum Gasteiger partial charge on any atom is -0.346 e. The molecule has 1 N–H and O–H groups in total. The smallest absolute Gasteiger partial charge is 0.264 e. The molecule has 1 atom stereocenters. The van der Waals surface area contributed by atoms with E-state index in [2.05, 4.69) is 5.32 Å². The molecule has 1 aliphatic heterocycles. The standard InChI is InChI=1S/C22H22F2N2O2/c1-14(25-20(27)15-4-7-18(23)8-5-15)16-6-9-19-17(13-16)3-2-12-26(19)21(28)22(24)10-11-22/h4-9,13-14H,2-3,10-12H2,1H3,(H,25,27). The Morgan fingerprint density at radius 1 is 1.14 bits per heavy atom. The molecular formula is C22H22F2N2O2. The lowest BCUT2D eigenvalue weighted by molar-refractivity contribution is -0.124. The van der Waals surface area contributed by atoms with Crippen molar-refractivity contribution in [2.24, 2.45) is 0 Å². The Hall–Kier alpha value is -2.76. The average molecular weight is 384 g/mol. The predicted molar refractivity (Wildman–Crippen MR) is 102 cm³/mol. The van der Waals surface area contributed by atoms with Gasteiger partial charge >= 0.3 is 0 Å². The van der Waals surface area contributed by atoms with Crippen molar-refractivity contribution in [3.63, 3.8) is 0 Å². The first-order chi connectivity index (χ1) is 13.4. The van der Waals surface area contributed by atoms with Gasteiger partial charge in [0.2, 0.25) is 0 Å². The number of benzene rings is 2. The Balaban J connectivity index is 1.51. The molecule has 6 heteroatoms. The second kappa shape index (κ2) is 7.00. The van der Waals surface area contributed by atoms with E-state index >= 15 is 0 Å².